The molecule has 0 aromatic rings. The van der Waals surface area contributed by atoms with Crippen LogP contribution < -0.4 is 10.6 Å². The summed E-state index contributed by atoms with van der Waals surface area (Å²) in [6.45, 7) is 18.5. The van der Waals surface area contributed by atoms with Crippen molar-refractivity contribution in [3.63, 3.8) is 0 Å². The molecule has 2 N–H and O–H groups in total. The molecule has 1 saturated heterocycles. The van der Waals surface area contributed by atoms with E-state index >= 15 is 0 Å². The Morgan fingerprint density at radius 2 is 1.73 bits per heavy atom. The fraction of sp³-hybridized carbons (Fsp3) is 0.938. The molecular formula is C16H34N2O3Si. The summed E-state index contributed by atoms with van der Waals surface area (Å²) >= 11 is 0. The Balaban J connectivity index is 2.53. The van der Waals surface area contributed by atoms with E-state index in [2.05, 4.69) is 44.5 Å². The van der Waals surface area contributed by atoms with E-state index in [0.29, 0.717) is 0 Å². The highest BCUT2D eigenvalue weighted by atomic mass is 28.4. The van der Waals surface area contributed by atoms with Crippen molar-refractivity contribution < 1.29 is 14.0 Å². The van der Waals surface area contributed by atoms with Crippen molar-refractivity contribution in [2.75, 3.05) is 13.1 Å². The Labute approximate surface area is 136 Å². The molecule has 0 aromatic carbocycles. The molecule has 1 heterocycles. The van der Waals surface area contributed by atoms with E-state index in [-0.39, 0.29) is 23.3 Å². The van der Waals surface area contributed by atoms with Crippen molar-refractivity contribution in [1.82, 2.24) is 10.6 Å². The Kier molecular flexibility index (Phi) is 6.09. The average Bonchev–Trinajstić information content (AvgIpc) is 2.23. The molecule has 22 heavy (non-hydrogen) atoms. The van der Waals surface area contributed by atoms with E-state index < -0.39 is 13.9 Å². The van der Waals surface area contributed by atoms with Crippen LogP contribution in [0.4, 0.5) is 4.79 Å². The van der Waals surface area contributed by atoms with Crippen LogP contribution in [0.15, 0.2) is 0 Å². The molecule has 1 amide bonds. The lowest BCUT2D eigenvalue weighted by Crippen LogP contribution is -2.55. The van der Waals surface area contributed by atoms with Crippen LogP contribution in [0.25, 0.3) is 0 Å². The zero-order valence-electron chi connectivity index (χ0n) is 15.5. The predicted octanol–water partition coefficient (Wildman–Crippen LogP) is 3.26. The topological polar surface area (TPSA) is 59.6 Å². The van der Waals surface area contributed by atoms with E-state index in [1.807, 2.05) is 20.8 Å². The smallest absolute Gasteiger partial charge is 0.407 e. The van der Waals surface area contributed by atoms with Gasteiger partial charge in [-0.15, -0.1) is 0 Å². The fourth-order valence-electron chi connectivity index (χ4n) is 2.17. The highest BCUT2D eigenvalue weighted by Gasteiger charge is 2.40. The third kappa shape index (κ3) is 6.26. The van der Waals surface area contributed by atoms with Crippen LogP contribution >= 0.6 is 0 Å². The van der Waals surface area contributed by atoms with Gasteiger partial charge in [0.15, 0.2) is 8.32 Å². The van der Waals surface area contributed by atoms with Crippen LogP contribution in [-0.4, -0.2) is 45.2 Å². The molecule has 1 aliphatic heterocycles. The summed E-state index contributed by atoms with van der Waals surface area (Å²) in [5.41, 5.74) is -0.469. The van der Waals surface area contributed by atoms with Gasteiger partial charge in [-0.25, -0.2) is 4.79 Å². The summed E-state index contributed by atoms with van der Waals surface area (Å²) in [6, 6.07) is 0.0540. The Morgan fingerprint density at radius 3 is 2.23 bits per heavy atom. The number of alkyl carbamates (subject to hydrolysis) is 1. The summed E-state index contributed by atoms with van der Waals surface area (Å²) < 4.78 is 11.8. The monoisotopic (exact) mass is 330 g/mol. The molecule has 0 radical (unpaired) electrons. The number of rotatable bonds is 3. The second kappa shape index (κ2) is 6.89. The minimum atomic E-state index is -1.78. The maximum Gasteiger partial charge on any atom is 0.407 e. The molecule has 0 aliphatic carbocycles. The quantitative estimate of drug-likeness (QED) is 0.780. The standard InChI is InChI=1S/C16H34N2O3Si/c1-15(2,3)20-14(19)18-12-9-13(11-17-10-12)21-22(7,8)16(4,5)6/h12-13,17H,9-11H2,1-8H3,(H,18,19)/t12-,13-/m0/s1. The van der Waals surface area contributed by atoms with E-state index in [1.54, 1.807) is 0 Å². The van der Waals surface area contributed by atoms with Crippen molar-refractivity contribution in [2.24, 2.45) is 0 Å². The lowest BCUT2D eigenvalue weighted by atomic mass is 10.1. The summed E-state index contributed by atoms with van der Waals surface area (Å²) in [5, 5.41) is 6.49. The van der Waals surface area contributed by atoms with Gasteiger partial charge in [-0.1, -0.05) is 20.8 Å². The largest absolute Gasteiger partial charge is 0.444 e. The van der Waals surface area contributed by atoms with E-state index in [4.69, 9.17) is 9.16 Å². The molecule has 0 spiro atoms. The lowest BCUT2D eigenvalue weighted by Gasteiger charge is -2.41. The highest BCUT2D eigenvalue weighted by Crippen LogP contribution is 2.37. The van der Waals surface area contributed by atoms with E-state index in [1.165, 1.54) is 0 Å². The molecule has 130 valence electrons. The third-order valence-corrected chi connectivity index (χ3v) is 8.83. The van der Waals surface area contributed by atoms with Crippen molar-refractivity contribution in [3.05, 3.63) is 0 Å². The van der Waals surface area contributed by atoms with Gasteiger partial charge < -0.3 is 19.8 Å². The van der Waals surface area contributed by atoms with Crippen LogP contribution in [0.5, 0.6) is 0 Å². The van der Waals surface area contributed by atoms with Gasteiger partial charge in [0.1, 0.15) is 5.60 Å². The minimum Gasteiger partial charge on any atom is -0.444 e. The van der Waals surface area contributed by atoms with Gasteiger partial charge in [-0.3, -0.25) is 0 Å². The van der Waals surface area contributed by atoms with Crippen molar-refractivity contribution in [2.45, 2.75) is 83.8 Å². The SMILES string of the molecule is CC(C)(C)OC(=O)N[C@@H]1CNC[C@@H](O[Si](C)(C)C(C)(C)C)C1. The molecule has 0 saturated carbocycles. The van der Waals surface area contributed by atoms with E-state index in [0.717, 1.165) is 19.5 Å². The first-order valence-electron chi connectivity index (χ1n) is 8.18. The molecular weight excluding hydrogens is 296 g/mol. The lowest BCUT2D eigenvalue weighted by molar-refractivity contribution is 0.0468. The minimum absolute atomic E-state index is 0.0540. The number of hydrogen-bond donors (Lipinski definition) is 2. The van der Waals surface area contributed by atoms with Gasteiger partial charge >= 0.3 is 6.09 Å². The first-order chi connectivity index (χ1) is 9.80. The Bertz CT molecular complexity index is 386. The second-order valence-electron chi connectivity index (χ2n) is 8.74. The molecule has 1 aliphatic rings. The summed E-state index contributed by atoms with van der Waals surface area (Å²) in [7, 11) is -1.78. The number of amides is 1. The first kappa shape index (κ1) is 19.5. The van der Waals surface area contributed by atoms with Gasteiger partial charge in [-0.05, 0) is 45.3 Å². The number of piperidine rings is 1. The van der Waals surface area contributed by atoms with Gasteiger partial charge in [0.2, 0.25) is 0 Å². The van der Waals surface area contributed by atoms with Crippen molar-refractivity contribution >= 4 is 14.4 Å². The number of nitrogens with one attached hydrogen (secondary N) is 2. The summed E-state index contributed by atoms with van der Waals surface area (Å²) in [6.07, 6.45) is 0.625. The van der Waals surface area contributed by atoms with Crippen LogP contribution in [-0.2, 0) is 9.16 Å². The first-order valence-corrected chi connectivity index (χ1v) is 11.1. The summed E-state index contributed by atoms with van der Waals surface area (Å²) in [5.74, 6) is 0. The number of hydrogen-bond acceptors (Lipinski definition) is 4. The maximum atomic E-state index is 11.9. The predicted molar refractivity (Wildman–Crippen MR) is 92.7 cm³/mol. The fourth-order valence-corrected chi connectivity index (χ4v) is 3.54. The third-order valence-electron chi connectivity index (χ3n) is 4.30. The van der Waals surface area contributed by atoms with Crippen LogP contribution in [0.3, 0.4) is 0 Å². The van der Waals surface area contributed by atoms with Crippen LogP contribution in [0.1, 0.15) is 48.0 Å². The molecule has 0 unspecified atom stereocenters. The zero-order valence-corrected chi connectivity index (χ0v) is 16.5. The van der Waals surface area contributed by atoms with Crippen LogP contribution in [0, 0.1) is 0 Å². The average molecular weight is 331 g/mol. The molecule has 2 atom stereocenters. The van der Waals surface area contributed by atoms with Crippen molar-refractivity contribution in [1.29, 1.82) is 0 Å². The normalized spacial score (nSPS) is 24.0. The highest BCUT2D eigenvalue weighted by molar-refractivity contribution is 6.74. The number of ether oxygens (including phenoxy) is 1. The van der Waals surface area contributed by atoms with Gasteiger partial charge in [-0.2, -0.15) is 0 Å². The maximum absolute atomic E-state index is 11.9. The number of carbonyl (C=O) groups is 1. The summed E-state index contributed by atoms with van der Waals surface area (Å²) in [4.78, 5) is 11.9. The number of carbonyl (C=O) groups excluding carboxylic acids is 1. The Hall–Kier alpha value is -0.593. The van der Waals surface area contributed by atoms with Crippen molar-refractivity contribution in [3.8, 4) is 0 Å². The molecule has 0 bridgehead atoms. The van der Waals surface area contributed by atoms with E-state index in [9.17, 15) is 4.79 Å². The van der Waals surface area contributed by atoms with Gasteiger partial charge in [0.05, 0.1) is 6.10 Å². The molecule has 1 fully saturated rings. The molecule has 1 rings (SSSR count). The van der Waals surface area contributed by atoms with Crippen LogP contribution in [0.2, 0.25) is 18.1 Å². The Morgan fingerprint density at radius 1 is 1.14 bits per heavy atom. The molecule has 6 heteroatoms. The zero-order chi connectivity index (χ0) is 17.2. The molecule has 0 aromatic heterocycles. The van der Waals surface area contributed by atoms with Gasteiger partial charge in [0.25, 0.3) is 0 Å². The van der Waals surface area contributed by atoms with Gasteiger partial charge in [0, 0.05) is 19.1 Å². The molecule has 5 nitrogen and oxygen atoms in total. The second-order valence-corrected chi connectivity index (χ2v) is 13.5.